The zero-order valence-electron chi connectivity index (χ0n) is 9.90. The van der Waals surface area contributed by atoms with Gasteiger partial charge in [-0.15, -0.1) is 0 Å². The lowest BCUT2D eigenvalue weighted by molar-refractivity contribution is 0.542. The van der Waals surface area contributed by atoms with Crippen LogP contribution in [0.3, 0.4) is 0 Å². The SMILES string of the molecule is CCC(C)N(C)c1nc2cc(N)ccc2o1. The van der Waals surface area contributed by atoms with Crippen molar-refractivity contribution in [3.63, 3.8) is 0 Å². The largest absolute Gasteiger partial charge is 0.423 e. The molecule has 0 saturated carbocycles. The fourth-order valence-electron chi connectivity index (χ4n) is 1.55. The number of fused-ring (bicyclic) bond motifs is 1. The lowest BCUT2D eigenvalue weighted by Crippen LogP contribution is -2.28. The van der Waals surface area contributed by atoms with Gasteiger partial charge in [0.25, 0.3) is 6.01 Å². The second kappa shape index (κ2) is 4.04. The van der Waals surface area contributed by atoms with Crippen molar-refractivity contribution in [3.8, 4) is 0 Å². The molecule has 0 fully saturated rings. The summed E-state index contributed by atoms with van der Waals surface area (Å²) >= 11 is 0. The molecule has 0 aliphatic heterocycles. The molecule has 2 aromatic rings. The lowest BCUT2D eigenvalue weighted by atomic mass is 10.2. The van der Waals surface area contributed by atoms with E-state index in [4.69, 9.17) is 10.2 Å². The predicted octanol–water partition coefficient (Wildman–Crippen LogP) is 2.64. The van der Waals surface area contributed by atoms with Crippen molar-refractivity contribution in [2.45, 2.75) is 26.3 Å². The minimum Gasteiger partial charge on any atom is -0.423 e. The van der Waals surface area contributed by atoms with Crippen molar-refractivity contribution >= 4 is 22.8 Å². The second-order valence-electron chi connectivity index (χ2n) is 4.09. The molecule has 0 aliphatic rings. The highest BCUT2D eigenvalue weighted by atomic mass is 16.4. The van der Waals surface area contributed by atoms with Crippen LogP contribution in [0.4, 0.5) is 11.7 Å². The molecule has 0 aliphatic carbocycles. The third-order valence-corrected chi connectivity index (χ3v) is 2.95. The van der Waals surface area contributed by atoms with Gasteiger partial charge in [-0.25, -0.2) is 0 Å². The standard InChI is InChI=1S/C12H17N3O/c1-4-8(2)15(3)12-14-10-7-9(13)5-6-11(10)16-12/h5-8H,4,13H2,1-3H3. The topological polar surface area (TPSA) is 55.3 Å². The molecule has 1 heterocycles. The Kier molecular flexibility index (Phi) is 2.73. The summed E-state index contributed by atoms with van der Waals surface area (Å²) in [7, 11) is 1.99. The monoisotopic (exact) mass is 219 g/mol. The van der Waals surface area contributed by atoms with Crippen LogP contribution in [0.2, 0.25) is 0 Å². The van der Waals surface area contributed by atoms with Gasteiger partial charge in [0.15, 0.2) is 5.58 Å². The molecule has 0 saturated heterocycles. The first-order chi connectivity index (χ1) is 7.61. The molecule has 0 amide bonds. The van der Waals surface area contributed by atoms with Crippen LogP contribution in [0, 0.1) is 0 Å². The Morgan fingerprint density at radius 1 is 1.50 bits per heavy atom. The number of nitrogen functional groups attached to an aromatic ring is 1. The first kappa shape index (κ1) is 10.8. The molecule has 4 heteroatoms. The van der Waals surface area contributed by atoms with Gasteiger partial charge >= 0.3 is 0 Å². The highest BCUT2D eigenvalue weighted by Crippen LogP contribution is 2.24. The summed E-state index contributed by atoms with van der Waals surface area (Å²) in [5.74, 6) is 0. The number of hydrogen-bond acceptors (Lipinski definition) is 4. The minimum absolute atomic E-state index is 0.408. The first-order valence-electron chi connectivity index (χ1n) is 5.50. The molecule has 1 aromatic carbocycles. The average molecular weight is 219 g/mol. The van der Waals surface area contributed by atoms with E-state index < -0.39 is 0 Å². The number of nitrogens with two attached hydrogens (primary N) is 1. The molecule has 4 nitrogen and oxygen atoms in total. The zero-order chi connectivity index (χ0) is 11.7. The Hall–Kier alpha value is -1.71. The van der Waals surface area contributed by atoms with Crippen molar-refractivity contribution < 1.29 is 4.42 Å². The maximum atomic E-state index is 5.70. The molecule has 16 heavy (non-hydrogen) atoms. The van der Waals surface area contributed by atoms with E-state index in [0.717, 1.165) is 17.5 Å². The van der Waals surface area contributed by atoms with E-state index in [1.165, 1.54) is 0 Å². The smallest absolute Gasteiger partial charge is 0.298 e. The van der Waals surface area contributed by atoms with E-state index in [1.807, 2.05) is 30.1 Å². The average Bonchev–Trinajstić information content (AvgIpc) is 2.69. The van der Waals surface area contributed by atoms with Crippen LogP contribution in [-0.2, 0) is 0 Å². The van der Waals surface area contributed by atoms with Gasteiger partial charge in [-0.05, 0) is 31.5 Å². The maximum absolute atomic E-state index is 5.70. The Bertz CT molecular complexity index is 492. The molecular weight excluding hydrogens is 202 g/mol. The van der Waals surface area contributed by atoms with Crippen LogP contribution in [0.5, 0.6) is 0 Å². The summed E-state index contributed by atoms with van der Waals surface area (Å²) in [5.41, 5.74) is 7.99. The second-order valence-corrected chi connectivity index (χ2v) is 4.09. The highest BCUT2D eigenvalue weighted by molar-refractivity contribution is 5.78. The molecular formula is C12H17N3O. The molecule has 2 N–H and O–H groups in total. The van der Waals surface area contributed by atoms with Gasteiger partial charge in [0.2, 0.25) is 0 Å². The Morgan fingerprint density at radius 2 is 2.25 bits per heavy atom. The van der Waals surface area contributed by atoms with Crippen LogP contribution >= 0.6 is 0 Å². The quantitative estimate of drug-likeness (QED) is 0.806. The number of nitrogens with zero attached hydrogens (tertiary/aromatic N) is 2. The van der Waals surface area contributed by atoms with Gasteiger partial charge in [0.1, 0.15) is 5.52 Å². The van der Waals surface area contributed by atoms with Crippen LogP contribution in [0.25, 0.3) is 11.1 Å². The van der Waals surface area contributed by atoms with Crippen LogP contribution in [-0.4, -0.2) is 18.1 Å². The number of aromatic nitrogens is 1. The lowest BCUT2D eigenvalue weighted by Gasteiger charge is -2.21. The van der Waals surface area contributed by atoms with Gasteiger partial charge < -0.3 is 15.1 Å². The third-order valence-electron chi connectivity index (χ3n) is 2.95. The summed E-state index contributed by atoms with van der Waals surface area (Å²) in [4.78, 5) is 6.46. The van der Waals surface area contributed by atoms with Crippen molar-refractivity contribution in [2.24, 2.45) is 0 Å². The minimum atomic E-state index is 0.408. The Balaban J connectivity index is 2.39. The van der Waals surface area contributed by atoms with E-state index in [2.05, 4.69) is 18.8 Å². The normalized spacial score (nSPS) is 12.9. The maximum Gasteiger partial charge on any atom is 0.298 e. The van der Waals surface area contributed by atoms with Crippen molar-refractivity contribution in [1.82, 2.24) is 4.98 Å². The third kappa shape index (κ3) is 1.83. The van der Waals surface area contributed by atoms with Crippen molar-refractivity contribution in [3.05, 3.63) is 18.2 Å². The van der Waals surface area contributed by atoms with Gasteiger partial charge in [-0.1, -0.05) is 6.92 Å². The number of benzene rings is 1. The number of hydrogen-bond donors (Lipinski definition) is 1. The van der Waals surface area contributed by atoms with Gasteiger partial charge in [-0.2, -0.15) is 4.98 Å². The van der Waals surface area contributed by atoms with Gasteiger partial charge in [0, 0.05) is 18.8 Å². The Labute approximate surface area is 95.1 Å². The zero-order valence-corrected chi connectivity index (χ0v) is 9.90. The van der Waals surface area contributed by atoms with Crippen LogP contribution < -0.4 is 10.6 Å². The molecule has 1 atom stereocenters. The highest BCUT2D eigenvalue weighted by Gasteiger charge is 2.14. The number of rotatable bonds is 3. The van der Waals surface area contributed by atoms with E-state index in [9.17, 15) is 0 Å². The van der Waals surface area contributed by atoms with E-state index in [1.54, 1.807) is 0 Å². The molecule has 2 rings (SSSR count). The van der Waals surface area contributed by atoms with Crippen molar-refractivity contribution in [2.75, 3.05) is 17.7 Å². The molecule has 0 bridgehead atoms. The summed E-state index contributed by atoms with van der Waals surface area (Å²) < 4.78 is 5.67. The van der Waals surface area contributed by atoms with E-state index in [0.29, 0.717) is 17.7 Å². The fourth-order valence-corrected chi connectivity index (χ4v) is 1.55. The Morgan fingerprint density at radius 3 is 2.94 bits per heavy atom. The van der Waals surface area contributed by atoms with E-state index >= 15 is 0 Å². The van der Waals surface area contributed by atoms with Crippen LogP contribution in [0.15, 0.2) is 22.6 Å². The molecule has 1 unspecified atom stereocenters. The van der Waals surface area contributed by atoms with Gasteiger partial charge in [-0.3, -0.25) is 0 Å². The number of oxazole rings is 1. The van der Waals surface area contributed by atoms with Crippen LogP contribution in [0.1, 0.15) is 20.3 Å². The number of anilines is 2. The van der Waals surface area contributed by atoms with Crippen molar-refractivity contribution in [1.29, 1.82) is 0 Å². The molecule has 0 radical (unpaired) electrons. The summed E-state index contributed by atoms with van der Waals surface area (Å²) in [6.45, 7) is 4.28. The molecule has 1 aromatic heterocycles. The molecule has 86 valence electrons. The van der Waals surface area contributed by atoms with Gasteiger partial charge in [0.05, 0.1) is 0 Å². The summed E-state index contributed by atoms with van der Waals surface area (Å²) in [6.07, 6.45) is 1.05. The predicted molar refractivity (Wildman–Crippen MR) is 66.6 cm³/mol. The van der Waals surface area contributed by atoms with E-state index in [-0.39, 0.29) is 0 Å². The molecule has 0 spiro atoms. The first-order valence-corrected chi connectivity index (χ1v) is 5.50. The summed E-state index contributed by atoms with van der Waals surface area (Å²) in [6, 6.07) is 6.55. The summed E-state index contributed by atoms with van der Waals surface area (Å²) in [5, 5.41) is 0. The fraction of sp³-hybridized carbons (Fsp3) is 0.417.